The van der Waals surface area contributed by atoms with Crippen LogP contribution < -0.4 is 11.1 Å². The van der Waals surface area contributed by atoms with Crippen LogP contribution in [0, 0.1) is 12.3 Å². The molecule has 43 heavy (non-hydrogen) atoms. The number of rotatable bonds is 11. The lowest BCUT2D eigenvalue weighted by molar-refractivity contribution is -0.192. The number of nitrogen functional groups attached to an aromatic ring is 1. The number of hydrogen-bond donors (Lipinski definition) is 5. The number of thioether (sulfide) groups is 1. The molecule has 1 heterocycles. The van der Waals surface area contributed by atoms with Crippen LogP contribution in [0.4, 0.5) is 18.9 Å². The molecular formula is C27H28F3N3O7S3. The molecule has 16 heteroatoms. The normalized spacial score (nSPS) is 11.3. The largest absolute Gasteiger partial charge is 0.490 e. The molecule has 0 bridgehead atoms. The number of benzene rings is 2. The Kier molecular flexibility index (Phi) is 12.3. The van der Waals surface area contributed by atoms with Gasteiger partial charge in [0.05, 0.1) is 18.9 Å². The zero-order valence-electron chi connectivity index (χ0n) is 22.8. The first-order valence-electron chi connectivity index (χ1n) is 12.3. The van der Waals surface area contributed by atoms with Crippen molar-refractivity contribution in [2.24, 2.45) is 5.73 Å². The van der Waals surface area contributed by atoms with E-state index >= 15 is 0 Å². The number of aliphatic carboxylic acids is 2. The van der Waals surface area contributed by atoms with Crippen molar-refractivity contribution in [1.82, 2.24) is 0 Å². The Labute approximate surface area is 253 Å². The van der Waals surface area contributed by atoms with Crippen molar-refractivity contribution >= 4 is 62.3 Å². The van der Waals surface area contributed by atoms with Crippen molar-refractivity contribution in [2.75, 3.05) is 11.6 Å². The van der Waals surface area contributed by atoms with E-state index in [2.05, 4.69) is 5.32 Å². The van der Waals surface area contributed by atoms with Gasteiger partial charge >= 0.3 is 18.1 Å². The summed E-state index contributed by atoms with van der Waals surface area (Å²) in [5.41, 5.74) is 8.32. The number of anilines is 1. The average molecular weight is 660 g/mol. The van der Waals surface area contributed by atoms with Crippen LogP contribution in [0.25, 0.3) is 11.1 Å². The van der Waals surface area contributed by atoms with Gasteiger partial charge in [0, 0.05) is 24.1 Å². The van der Waals surface area contributed by atoms with Crippen molar-refractivity contribution in [3.05, 3.63) is 59.0 Å². The summed E-state index contributed by atoms with van der Waals surface area (Å²) in [6, 6.07) is 13.4. The molecule has 0 saturated carbocycles. The first kappa shape index (κ1) is 35.3. The van der Waals surface area contributed by atoms with Crippen LogP contribution in [-0.2, 0) is 24.2 Å². The molecule has 3 rings (SSSR count). The average Bonchev–Trinajstić information content (AvgIpc) is 3.37. The number of unbranched alkanes of at least 4 members (excludes halogenated alkanes) is 1. The lowest BCUT2D eigenvalue weighted by atomic mass is 9.98. The molecule has 1 aromatic heterocycles. The number of halogens is 3. The second-order valence-corrected chi connectivity index (χ2v) is 12.9. The Bertz CT molecular complexity index is 1620. The number of carboxylic acids is 2. The van der Waals surface area contributed by atoms with E-state index in [0.717, 1.165) is 5.56 Å². The van der Waals surface area contributed by atoms with Gasteiger partial charge in [0.25, 0.3) is 0 Å². The Morgan fingerprint density at radius 3 is 2.21 bits per heavy atom. The van der Waals surface area contributed by atoms with Crippen LogP contribution in [0.2, 0.25) is 0 Å². The van der Waals surface area contributed by atoms with E-state index in [1.165, 1.54) is 35.2 Å². The molecule has 0 fully saturated rings. The fourth-order valence-electron chi connectivity index (χ4n) is 3.70. The maximum atomic E-state index is 13.5. The predicted octanol–water partition coefficient (Wildman–Crippen LogP) is 5.78. The summed E-state index contributed by atoms with van der Waals surface area (Å²) in [6.07, 6.45) is -2.25. The Morgan fingerprint density at radius 2 is 1.65 bits per heavy atom. The number of carbonyl (C=O) groups excluding carboxylic acids is 1. The summed E-state index contributed by atoms with van der Waals surface area (Å²) in [5.74, 6) is -4.08. The number of nitrogens with one attached hydrogen (secondary N) is 2. The van der Waals surface area contributed by atoms with Gasteiger partial charge in [-0.2, -0.15) is 13.2 Å². The molecule has 3 aromatic rings. The van der Waals surface area contributed by atoms with Crippen molar-refractivity contribution in [1.29, 1.82) is 5.41 Å². The summed E-state index contributed by atoms with van der Waals surface area (Å²) in [7, 11) is -3.89. The number of amidine groups is 1. The second-order valence-electron chi connectivity index (χ2n) is 8.86. The number of aryl methyl sites for hydroxylation is 1. The third-order valence-corrected chi connectivity index (χ3v) is 10.0. The number of hydrogen-bond acceptors (Lipinski definition) is 8. The zero-order chi connectivity index (χ0) is 32.5. The second kappa shape index (κ2) is 15.0. The van der Waals surface area contributed by atoms with Gasteiger partial charge in [-0.15, -0.1) is 23.1 Å². The SMILES string of the molecule is CSc1sc(C(=N)N)cc1S(=O)(=O)c1cccc(-c2c(C)cccc2NC(=O)CCCCC(=O)O)c1.O=C(O)C(F)(F)F. The Morgan fingerprint density at radius 1 is 1.05 bits per heavy atom. The smallest absolute Gasteiger partial charge is 0.481 e. The fraction of sp³-hybridized carbons (Fsp3) is 0.259. The summed E-state index contributed by atoms with van der Waals surface area (Å²) in [6.45, 7) is 1.88. The standard InChI is InChI=1S/C25H27N3O5S3.C2HF3O2/c1-15-7-5-10-18(28-21(29)11-3-4-12-22(30)31)23(15)16-8-6-9-17(13-16)36(32,33)20-14-19(24(26)27)35-25(20)34-2;3-2(4,5)1(6)7/h5-10,13-14H,3-4,11-12H2,1-2H3,(H3,26,27)(H,28,29)(H,30,31);(H,6,7). The van der Waals surface area contributed by atoms with Crippen LogP contribution >= 0.6 is 23.1 Å². The van der Waals surface area contributed by atoms with Crippen LogP contribution in [0.15, 0.2) is 62.5 Å². The van der Waals surface area contributed by atoms with Crippen molar-refractivity contribution in [3.8, 4) is 11.1 Å². The van der Waals surface area contributed by atoms with E-state index in [1.807, 2.05) is 13.0 Å². The number of alkyl halides is 3. The number of amides is 1. The Balaban J connectivity index is 0.000000821. The molecule has 0 unspecified atom stereocenters. The molecule has 0 atom stereocenters. The van der Waals surface area contributed by atoms with E-state index in [4.69, 9.17) is 26.2 Å². The van der Waals surface area contributed by atoms with E-state index in [0.29, 0.717) is 38.7 Å². The molecule has 6 N–H and O–H groups in total. The van der Waals surface area contributed by atoms with E-state index < -0.39 is 28.0 Å². The minimum Gasteiger partial charge on any atom is -0.481 e. The molecule has 232 valence electrons. The molecule has 0 radical (unpaired) electrons. The monoisotopic (exact) mass is 659 g/mol. The van der Waals surface area contributed by atoms with E-state index in [1.54, 1.807) is 36.6 Å². The molecular weight excluding hydrogens is 632 g/mol. The van der Waals surface area contributed by atoms with Crippen LogP contribution in [0.1, 0.15) is 36.1 Å². The number of carboxylic acid groups (broad SMARTS) is 2. The van der Waals surface area contributed by atoms with Gasteiger partial charge < -0.3 is 21.3 Å². The maximum Gasteiger partial charge on any atom is 0.490 e. The predicted molar refractivity (Wildman–Crippen MR) is 158 cm³/mol. The third-order valence-electron chi connectivity index (χ3n) is 5.67. The highest BCUT2D eigenvalue weighted by atomic mass is 32.2. The van der Waals surface area contributed by atoms with Gasteiger partial charge in [-0.05, 0) is 61.4 Å². The molecule has 1 amide bonds. The molecule has 0 aliphatic rings. The summed E-state index contributed by atoms with van der Waals surface area (Å²) >= 11 is 2.45. The molecule has 0 aliphatic carbocycles. The van der Waals surface area contributed by atoms with Crippen molar-refractivity contribution in [3.63, 3.8) is 0 Å². The lowest BCUT2D eigenvalue weighted by Gasteiger charge is -2.15. The maximum absolute atomic E-state index is 13.5. The first-order valence-corrected chi connectivity index (χ1v) is 15.8. The number of carbonyl (C=O) groups is 3. The molecule has 0 aliphatic heterocycles. The minimum atomic E-state index is -5.08. The van der Waals surface area contributed by atoms with Crippen LogP contribution in [-0.4, -0.2) is 54.7 Å². The van der Waals surface area contributed by atoms with Gasteiger partial charge in [-0.1, -0.05) is 24.3 Å². The Hall–Kier alpha value is -3.89. The summed E-state index contributed by atoms with van der Waals surface area (Å²) in [4.78, 5) is 32.7. The number of thiophene rings is 1. The van der Waals surface area contributed by atoms with Gasteiger partial charge in [-0.25, -0.2) is 13.2 Å². The molecule has 0 saturated heterocycles. The minimum absolute atomic E-state index is 0.0144. The highest BCUT2D eigenvalue weighted by Gasteiger charge is 2.38. The topological polar surface area (TPSA) is 188 Å². The van der Waals surface area contributed by atoms with Gasteiger partial charge in [0.1, 0.15) is 5.84 Å². The van der Waals surface area contributed by atoms with Crippen LogP contribution in [0.3, 0.4) is 0 Å². The fourth-order valence-corrected chi connectivity index (χ4v) is 7.60. The van der Waals surface area contributed by atoms with Crippen molar-refractivity contribution in [2.45, 2.75) is 52.8 Å². The molecule has 2 aromatic carbocycles. The highest BCUT2D eigenvalue weighted by molar-refractivity contribution is 8.01. The number of sulfone groups is 1. The number of nitrogens with two attached hydrogens (primary N) is 1. The van der Waals surface area contributed by atoms with E-state index in [-0.39, 0.29) is 34.4 Å². The van der Waals surface area contributed by atoms with Gasteiger partial charge in [-0.3, -0.25) is 15.0 Å². The summed E-state index contributed by atoms with van der Waals surface area (Å²) < 4.78 is 59.4. The third kappa shape index (κ3) is 9.83. The quantitative estimate of drug-likeness (QED) is 0.0736. The van der Waals surface area contributed by atoms with E-state index in [9.17, 15) is 31.2 Å². The first-order chi connectivity index (χ1) is 20.0. The van der Waals surface area contributed by atoms with Crippen LogP contribution in [0.5, 0.6) is 0 Å². The molecule has 10 nitrogen and oxygen atoms in total. The zero-order valence-corrected chi connectivity index (χ0v) is 25.3. The van der Waals surface area contributed by atoms with Crippen molar-refractivity contribution < 1.29 is 46.2 Å². The van der Waals surface area contributed by atoms with Gasteiger partial charge in [0.2, 0.25) is 15.7 Å². The van der Waals surface area contributed by atoms with Gasteiger partial charge in [0.15, 0.2) is 0 Å². The lowest BCUT2D eigenvalue weighted by Crippen LogP contribution is -2.21. The summed E-state index contributed by atoms with van der Waals surface area (Å²) in [5, 5.41) is 26.4. The highest BCUT2D eigenvalue weighted by Crippen LogP contribution is 2.39. The molecule has 0 spiro atoms.